The van der Waals surface area contributed by atoms with Gasteiger partial charge in [-0.25, -0.2) is 0 Å². The zero-order chi connectivity index (χ0) is 9.00. The first-order chi connectivity index (χ1) is 4.00. The molecule has 0 saturated carbocycles. The molecule has 0 atom stereocenters. The summed E-state index contributed by atoms with van der Waals surface area (Å²) in [6, 6.07) is 0. The van der Waals surface area contributed by atoms with Crippen molar-refractivity contribution in [1.29, 1.82) is 0 Å². The summed E-state index contributed by atoms with van der Waals surface area (Å²) < 4.78 is 63.2. The van der Waals surface area contributed by atoms with Crippen molar-refractivity contribution < 1.29 is 74.0 Å². The molecule has 0 fully saturated rings. The maximum Gasteiger partial charge on any atom is 0.394 e. The molecule has 12 heteroatoms. The first-order valence-electron chi connectivity index (χ1n) is 1.40. The third-order valence-electron chi connectivity index (χ3n) is 0. The molecular formula is H4O8RhRuS2. The Morgan fingerprint density at radius 2 is 0.667 bits per heavy atom. The molecule has 12 heavy (non-hydrogen) atoms. The summed E-state index contributed by atoms with van der Waals surface area (Å²) in [7, 11) is -9.33. The van der Waals surface area contributed by atoms with E-state index < -0.39 is 20.8 Å². The van der Waals surface area contributed by atoms with Crippen molar-refractivity contribution in [2.75, 3.05) is 0 Å². The van der Waals surface area contributed by atoms with Crippen LogP contribution in [0.2, 0.25) is 0 Å². The SMILES string of the molecule is O=S(=O)(O)O.O=S(=O)(O)O.[Rh].[Ru]. The molecule has 0 spiro atoms. The van der Waals surface area contributed by atoms with Crippen LogP contribution in [0.5, 0.6) is 0 Å². The van der Waals surface area contributed by atoms with E-state index in [1.54, 1.807) is 0 Å². The van der Waals surface area contributed by atoms with Gasteiger partial charge in [-0.05, 0) is 0 Å². The van der Waals surface area contributed by atoms with Crippen LogP contribution in [0.4, 0.5) is 0 Å². The van der Waals surface area contributed by atoms with Crippen LogP contribution in [-0.2, 0) is 59.8 Å². The Bertz CT molecular complexity index is 213. The quantitative estimate of drug-likeness (QED) is 0.289. The molecule has 1 radical (unpaired) electrons. The average Bonchev–Trinajstić information content (AvgIpc) is 1.12. The smallest absolute Gasteiger partial charge is 0.264 e. The summed E-state index contributed by atoms with van der Waals surface area (Å²) in [6.45, 7) is 0. The van der Waals surface area contributed by atoms with Gasteiger partial charge in [0.2, 0.25) is 0 Å². The van der Waals surface area contributed by atoms with Crippen LogP contribution in [0.15, 0.2) is 0 Å². The van der Waals surface area contributed by atoms with E-state index in [9.17, 15) is 0 Å². The van der Waals surface area contributed by atoms with Crippen molar-refractivity contribution >= 4 is 20.8 Å². The molecule has 0 aromatic rings. The Morgan fingerprint density at radius 1 is 0.667 bits per heavy atom. The monoisotopic (exact) mass is 401 g/mol. The van der Waals surface area contributed by atoms with E-state index in [0.717, 1.165) is 0 Å². The summed E-state index contributed by atoms with van der Waals surface area (Å²) in [5.41, 5.74) is 0. The van der Waals surface area contributed by atoms with E-state index in [0.29, 0.717) is 0 Å². The second-order valence-corrected chi connectivity index (χ2v) is 2.69. The molecular weight excluding hydrogens is 396 g/mol. The van der Waals surface area contributed by atoms with Gasteiger partial charge in [-0.15, -0.1) is 0 Å². The molecule has 0 amide bonds. The number of rotatable bonds is 0. The Kier molecular flexibility index (Phi) is 16.5. The van der Waals surface area contributed by atoms with Crippen LogP contribution in [0, 0.1) is 0 Å². The van der Waals surface area contributed by atoms with Crippen molar-refractivity contribution in [2.24, 2.45) is 0 Å². The van der Waals surface area contributed by atoms with Gasteiger partial charge in [-0.3, -0.25) is 18.2 Å². The van der Waals surface area contributed by atoms with Crippen LogP contribution < -0.4 is 0 Å². The van der Waals surface area contributed by atoms with Gasteiger partial charge in [0.25, 0.3) is 0 Å². The molecule has 0 aromatic carbocycles. The van der Waals surface area contributed by atoms with Gasteiger partial charge in [0.15, 0.2) is 0 Å². The Morgan fingerprint density at radius 3 is 0.667 bits per heavy atom. The van der Waals surface area contributed by atoms with Crippen LogP contribution in [0.25, 0.3) is 0 Å². The summed E-state index contributed by atoms with van der Waals surface area (Å²) in [4.78, 5) is 0. The topological polar surface area (TPSA) is 149 Å². The van der Waals surface area contributed by atoms with E-state index in [1.807, 2.05) is 0 Å². The molecule has 0 aliphatic carbocycles. The van der Waals surface area contributed by atoms with Crippen molar-refractivity contribution in [2.45, 2.75) is 0 Å². The van der Waals surface area contributed by atoms with Gasteiger partial charge in [-0.1, -0.05) is 0 Å². The molecule has 0 rings (SSSR count). The van der Waals surface area contributed by atoms with Crippen LogP contribution in [-0.4, -0.2) is 35.0 Å². The van der Waals surface area contributed by atoms with Crippen LogP contribution in [0.3, 0.4) is 0 Å². The molecule has 0 aliphatic rings. The number of hydrogen-bond acceptors (Lipinski definition) is 4. The minimum atomic E-state index is -4.67. The van der Waals surface area contributed by atoms with Crippen LogP contribution in [0.1, 0.15) is 0 Å². The van der Waals surface area contributed by atoms with Crippen molar-refractivity contribution in [3.8, 4) is 0 Å². The molecule has 81 valence electrons. The van der Waals surface area contributed by atoms with E-state index >= 15 is 0 Å². The first-order valence-corrected chi connectivity index (χ1v) is 4.19. The number of hydrogen-bond donors (Lipinski definition) is 4. The van der Waals surface area contributed by atoms with Crippen molar-refractivity contribution in [3.63, 3.8) is 0 Å². The molecule has 0 heterocycles. The van der Waals surface area contributed by atoms with E-state index in [4.69, 9.17) is 35.0 Å². The van der Waals surface area contributed by atoms with Crippen LogP contribution >= 0.6 is 0 Å². The molecule has 0 unspecified atom stereocenters. The van der Waals surface area contributed by atoms with Gasteiger partial charge >= 0.3 is 20.8 Å². The Labute approximate surface area is 94.4 Å². The second kappa shape index (κ2) is 8.58. The van der Waals surface area contributed by atoms with Gasteiger partial charge < -0.3 is 0 Å². The second-order valence-electron chi connectivity index (χ2n) is 0.896. The maximum absolute atomic E-state index is 8.74. The third-order valence-corrected chi connectivity index (χ3v) is 0. The standard InChI is InChI=1S/2H2O4S.Rh.Ru/c2*1-5(2,3)4;;/h2*(H2,1,2,3,4);;. The normalized spacial score (nSPS) is 9.67. The first kappa shape index (κ1) is 23.1. The van der Waals surface area contributed by atoms with Crippen molar-refractivity contribution in [3.05, 3.63) is 0 Å². The van der Waals surface area contributed by atoms with E-state index in [1.165, 1.54) is 0 Å². The summed E-state index contributed by atoms with van der Waals surface area (Å²) >= 11 is 0. The molecule has 0 saturated heterocycles. The summed E-state index contributed by atoms with van der Waals surface area (Å²) in [5.74, 6) is 0. The summed E-state index contributed by atoms with van der Waals surface area (Å²) in [5, 5.41) is 0. The predicted molar refractivity (Wildman–Crippen MR) is 28.4 cm³/mol. The van der Waals surface area contributed by atoms with Gasteiger partial charge in [-0.2, -0.15) is 16.8 Å². The predicted octanol–water partition coefficient (Wildman–Crippen LogP) is -1.31. The van der Waals surface area contributed by atoms with Gasteiger partial charge in [0, 0.05) is 39.0 Å². The zero-order valence-corrected chi connectivity index (χ0v) is 9.94. The average molecular weight is 400 g/mol. The van der Waals surface area contributed by atoms with Gasteiger partial charge in [0.05, 0.1) is 0 Å². The molecule has 4 N–H and O–H groups in total. The largest absolute Gasteiger partial charge is 0.394 e. The minimum absolute atomic E-state index is 0. The third kappa shape index (κ3) is 1130. The molecule has 0 aliphatic heterocycles. The zero-order valence-electron chi connectivity index (χ0n) is 4.93. The van der Waals surface area contributed by atoms with E-state index in [-0.39, 0.29) is 39.0 Å². The molecule has 0 aromatic heterocycles. The fraction of sp³-hybridized carbons (Fsp3) is 0. The Hall–Kier alpha value is 0.987. The minimum Gasteiger partial charge on any atom is -0.264 e. The summed E-state index contributed by atoms with van der Waals surface area (Å²) in [6.07, 6.45) is 0. The molecule has 8 nitrogen and oxygen atoms in total. The van der Waals surface area contributed by atoms with Crippen molar-refractivity contribution in [1.82, 2.24) is 0 Å². The fourth-order valence-electron chi connectivity index (χ4n) is 0. The fourth-order valence-corrected chi connectivity index (χ4v) is 0. The van der Waals surface area contributed by atoms with Gasteiger partial charge in [0.1, 0.15) is 0 Å². The van der Waals surface area contributed by atoms with E-state index in [2.05, 4.69) is 0 Å². The maximum atomic E-state index is 8.74. The molecule has 0 bridgehead atoms. The Balaban J connectivity index is -0.0000000457.